The fourth-order valence-electron chi connectivity index (χ4n) is 4.43. The Hall–Kier alpha value is -0.590. The Bertz CT molecular complexity index is 381. The molecule has 1 heterocycles. The minimum absolute atomic E-state index is 0.222. The van der Waals surface area contributed by atoms with Gasteiger partial charge in [-0.2, -0.15) is 5.26 Å². The van der Waals surface area contributed by atoms with Gasteiger partial charge in [0, 0.05) is 25.7 Å². The summed E-state index contributed by atoms with van der Waals surface area (Å²) >= 11 is 0. The zero-order chi connectivity index (χ0) is 12.9. The average Bonchev–Trinajstić information content (AvgIpc) is 3.29. The van der Waals surface area contributed by atoms with Crippen LogP contribution in [-0.2, 0) is 0 Å². The number of hydrogen-bond acceptors (Lipinski definition) is 3. The smallest absolute Gasteiger partial charge is 0.122 e. The number of nitriles is 1. The van der Waals surface area contributed by atoms with Gasteiger partial charge in [-0.15, -0.1) is 0 Å². The van der Waals surface area contributed by atoms with Gasteiger partial charge in [-0.1, -0.05) is 6.42 Å². The molecule has 19 heavy (non-hydrogen) atoms. The third kappa shape index (κ3) is 2.30. The highest BCUT2D eigenvalue weighted by molar-refractivity contribution is 5.19. The highest BCUT2D eigenvalue weighted by Gasteiger charge is 2.50. The second-order valence-corrected chi connectivity index (χ2v) is 7.42. The van der Waals surface area contributed by atoms with Crippen molar-refractivity contribution in [2.75, 3.05) is 19.6 Å². The molecular weight excluding hydrogens is 234 g/mol. The van der Waals surface area contributed by atoms with Crippen molar-refractivity contribution < 1.29 is 0 Å². The summed E-state index contributed by atoms with van der Waals surface area (Å²) in [6.07, 6.45) is 9.38. The first-order valence-electron chi connectivity index (χ1n) is 8.20. The van der Waals surface area contributed by atoms with Crippen molar-refractivity contribution in [3.8, 4) is 6.07 Å². The van der Waals surface area contributed by atoms with Crippen molar-refractivity contribution in [3.63, 3.8) is 0 Å². The first-order chi connectivity index (χ1) is 9.29. The molecule has 0 aromatic heterocycles. The first kappa shape index (κ1) is 12.2. The molecule has 1 N–H and O–H groups in total. The number of hydrogen-bond donors (Lipinski definition) is 1. The normalized spacial score (nSPS) is 37.8. The molecule has 0 bridgehead atoms. The molecule has 0 radical (unpaired) electrons. The lowest BCUT2D eigenvalue weighted by Gasteiger charge is -2.33. The Morgan fingerprint density at radius 2 is 1.74 bits per heavy atom. The lowest BCUT2D eigenvalue weighted by Crippen LogP contribution is -2.55. The summed E-state index contributed by atoms with van der Waals surface area (Å²) in [5, 5.41) is 13.5. The zero-order valence-electron chi connectivity index (χ0n) is 11.8. The molecular formula is C16H25N3. The SMILES string of the molecule is N#CC(CN1CC2CCCC2C1)(NC1CC1)C1CC1. The minimum atomic E-state index is -0.222. The minimum Gasteiger partial charge on any atom is -0.300 e. The standard InChI is InChI=1S/C16H25N3/c17-10-16(14-4-5-14,18-15-6-7-15)11-19-8-12-2-1-3-13(12)9-19/h12-15,18H,1-9,11H2. The van der Waals surface area contributed by atoms with E-state index in [9.17, 15) is 5.26 Å². The molecule has 0 aromatic rings. The topological polar surface area (TPSA) is 39.1 Å². The monoisotopic (exact) mass is 259 g/mol. The second-order valence-electron chi connectivity index (χ2n) is 7.42. The summed E-state index contributed by atoms with van der Waals surface area (Å²) in [4.78, 5) is 2.60. The van der Waals surface area contributed by atoms with Gasteiger partial charge < -0.3 is 0 Å². The quantitative estimate of drug-likeness (QED) is 0.822. The van der Waals surface area contributed by atoms with E-state index in [0.29, 0.717) is 12.0 Å². The molecule has 3 heteroatoms. The summed E-state index contributed by atoms with van der Waals surface area (Å²) in [6, 6.07) is 3.33. The first-order valence-corrected chi connectivity index (χ1v) is 8.20. The molecule has 3 aliphatic carbocycles. The van der Waals surface area contributed by atoms with Crippen LogP contribution >= 0.6 is 0 Å². The second kappa shape index (κ2) is 4.46. The van der Waals surface area contributed by atoms with Crippen LogP contribution in [0.1, 0.15) is 44.9 Å². The fraction of sp³-hybridized carbons (Fsp3) is 0.938. The molecule has 104 valence electrons. The third-order valence-electron chi connectivity index (χ3n) is 5.79. The molecule has 3 saturated carbocycles. The van der Waals surface area contributed by atoms with Crippen LogP contribution in [0.15, 0.2) is 0 Å². The molecule has 0 aromatic carbocycles. The lowest BCUT2D eigenvalue weighted by atomic mass is 9.93. The van der Waals surface area contributed by atoms with Crippen LogP contribution in [-0.4, -0.2) is 36.1 Å². The predicted octanol–water partition coefficient (Wildman–Crippen LogP) is 2.14. The van der Waals surface area contributed by atoms with Crippen molar-refractivity contribution in [1.29, 1.82) is 5.26 Å². The number of nitrogens with one attached hydrogen (secondary N) is 1. The molecule has 4 fully saturated rings. The maximum Gasteiger partial charge on any atom is 0.122 e. The van der Waals surface area contributed by atoms with E-state index < -0.39 is 0 Å². The molecule has 0 spiro atoms. The van der Waals surface area contributed by atoms with Crippen LogP contribution in [0, 0.1) is 29.1 Å². The van der Waals surface area contributed by atoms with Gasteiger partial charge in [0.1, 0.15) is 5.54 Å². The van der Waals surface area contributed by atoms with E-state index in [-0.39, 0.29) is 5.54 Å². The summed E-state index contributed by atoms with van der Waals surface area (Å²) in [7, 11) is 0. The summed E-state index contributed by atoms with van der Waals surface area (Å²) < 4.78 is 0. The van der Waals surface area contributed by atoms with Gasteiger partial charge in [-0.25, -0.2) is 0 Å². The van der Waals surface area contributed by atoms with Crippen molar-refractivity contribution in [2.45, 2.75) is 56.5 Å². The largest absolute Gasteiger partial charge is 0.300 e. The van der Waals surface area contributed by atoms with Crippen LogP contribution in [0.5, 0.6) is 0 Å². The van der Waals surface area contributed by atoms with Gasteiger partial charge >= 0.3 is 0 Å². The Balaban J connectivity index is 1.44. The van der Waals surface area contributed by atoms with Crippen LogP contribution in [0.2, 0.25) is 0 Å². The van der Waals surface area contributed by atoms with Crippen molar-refractivity contribution >= 4 is 0 Å². The van der Waals surface area contributed by atoms with Gasteiger partial charge in [0.25, 0.3) is 0 Å². The highest BCUT2D eigenvalue weighted by Crippen LogP contribution is 2.44. The van der Waals surface area contributed by atoms with Gasteiger partial charge in [-0.05, 0) is 56.3 Å². The highest BCUT2D eigenvalue weighted by atomic mass is 15.2. The van der Waals surface area contributed by atoms with Gasteiger partial charge in [0.05, 0.1) is 6.07 Å². The molecule has 3 unspecified atom stereocenters. The maximum atomic E-state index is 9.79. The Labute approximate surface area is 116 Å². The lowest BCUT2D eigenvalue weighted by molar-refractivity contribution is 0.214. The summed E-state index contributed by atoms with van der Waals surface area (Å²) in [5.41, 5.74) is -0.222. The molecule has 0 amide bonds. The Morgan fingerprint density at radius 3 is 2.26 bits per heavy atom. The third-order valence-corrected chi connectivity index (χ3v) is 5.79. The molecule has 3 atom stereocenters. The van der Waals surface area contributed by atoms with E-state index in [0.717, 1.165) is 18.4 Å². The number of rotatable bonds is 5. The van der Waals surface area contributed by atoms with Gasteiger partial charge in [0.2, 0.25) is 0 Å². The summed E-state index contributed by atoms with van der Waals surface area (Å²) in [6.45, 7) is 3.50. The molecule has 4 aliphatic rings. The van der Waals surface area contributed by atoms with Crippen molar-refractivity contribution in [2.24, 2.45) is 17.8 Å². The van der Waals surface area contributed by atoms with Crippen molar-refractivity contribution in [1.82, 2.24) is 10.2 Å². The zero-order valence-corrected chi connectivity index (χ0v) is 11.8. The average molecular weight is 259 g/mol. The van der Waals surface area contributed by atoms with E-state index in [4.69, 9.17) is 0 Å². The van der Waals surface area contributed by atoms with Gasteiger partial charge in [0.15, 0.2) is 0 Å². The van der Waals surface area contributed by atoms with E-state index in [2.05, 4.69) is 16.3 Å². The number of likely N-dealkylation sites (tertiary alicyclic amines) is 1. The van der Waals surface area contributed by atoms with Crippen LogP contribution in [0.4, 0.5) is 0 Å². The van der Waals surface area contributed by atoms with E-state index in [1.54, 1.807) is 0 Å². The molecule has 1 saturated heterocycles. The fourth-order valence-corrected chi connectivity index (χ4v) is 4.43. The molecule has 1 aliphatic heterocycles. The number of fused-ring (bicyclic) bond motifs is 1. The van der Waals surface area contributed by atoms with Crippen LogP contribution < -0.4 is 5.32 Å². The predicted molar refractivity (Wildman–Crippen MR) is 74.5 cm³/mol. The Kier molecular flexibility index (Phi) is 2.86. The Morgan fingerprint density at radius 1 is 1.05 bits per heavy atom. The van der Waals surface area contributed by atoms with E-state index >= 15 is 0 Å². The molecule has 4 rings (SSSR count). The summed E-state index contributed by atoms with van der Waals surface area (Å²) in [5.74, 6) is 2.51. The van der Waals surface area contributed by atoms with E-state index in [1.165, 1.54) is 58.0 Å². The van der Waals surface area contributed by atoms with Crippen LogP contribution in [0.3, 0.4) is 0 Å². The van der Waals surface area contributed by atoms with Gasteiger partial charge in [-0.3, -0.25) is 10.2 Å². The maximum absolute atomic E-state index is 9.79. The molecule has 3 nitrogen and oxygen atoms in total. The van der Waals surface area contributed by atoms with E-state index in [1.807, 2.05) is 0 Å². The van der Waals surface area contributed by atoms with Crippen molar-refractivity contribution in [3.05, 3.63) is 0 Å². The number of nitrogens with zero attached hydrogens (tertiary/aromatic N) is 2. The van der Waals surface area contributed by atoms with Crippen LogP contribution in [0.25, 0.3) is 0 Å².